The highest BCUT2D eigenvalue weighted by Gasteiger charge is 2.09. The third-order valence-corrected chi connectivity index (χ3v) is 5.30. The first-order valence-electron chi connectivity index (χ1n) is 8.21. The van der Waals surface area contributed by atoms with Crippen molar-refractivity contribution in [2.75, 3.05) is 11.9 Å². The maximum absolute atomic E-state index is 6.22. The van der Waals surface area contributed by atoms with Gasteiger partial charge in [-0.1, -0.05) is 41.1 Å². The summed E-state index contributed by atoms with van der Waals surface area (Å²) < 4.78 is 5.36. The first kappa shape index (κ1) is 17.0. The number of thiazole rings is 1. The van der Waals surface area contributed by atoms with Crippen molar-refractivity contribution >= 4 is 39.2 Å². The minimum absolute atomic E-state index is 0.00549. The van der Waals surface area contributed by atoms with Crippen LogP contribution >= 0.6 is 22.9 Å². The topological polar surface area (TPSA) is 77.0 Å². The fraction of sp³-hybridized carbons (Fsp3) is 0.158. The van der Waals surface area contributed by atoms with Crippen LogP contribution in [0.4, 0.5) is 5.13 Å². The number of fused-ring (bicyclic) bond motifs is 1. The van der Waals surface area contributed by atoms with Gasteiger partial charge in [-0.3, -0.25) is 0 Å². The van der Waals surface area contributed by atoms with Crippen LogP contribution in [0.25, 0.3) is 21.5 Å². The second kappa shape index (κ2) is 7.45. The standard InChI is InChI=1S/C19H17ClN4OS/c20-14-4-1-12(2-5-14)7-15(21)9-22-19-23-10-18(26-19)13-3-6-16-17(8-13)25-11-24-16/h1-6,8,10-11,15H,7,9,21H2,(H,22,23)/t15-/m0/s1. The van der Waals surface area contributed by atoms with Gasteiger partial charge in [-0.2, -0.15) is 0 Å². The summed E-state index contributed by atoms with van der Waals surface area (Å²) in [5, 5.41) is 4.91. The Bertz CT molecular complexity index is 1010. The van der Waals surface area contributed by atoms with Crippen LogP contribution in [0.15, 0.2) is 59.5 Å². The number of nitrogens with zero attached hydrogens (tertiary/aromatic N) is 2. The van der Waals surface area contributed by atoms with Crippen molar-refractivity contribution in [1.29, 1.82) is 0 Å². The number of hydrogen-bond donors (Lipinski definition) is 2. The van der Waals surface area contributed by atoms with E-state index in [-0.39, 0.29) is 6.04 Å². The fourth-order valence-corrected chi connectivity index (χ4v) is 3.66. The zero-order valence-corrected chi connectivity index (χ0v) is 15.4. The molecular formula is C19H17ClN4OS. The molecule has 3 N–H and O–H groups in total. The molecule has 2 aromatic heterocycles. The Morgan fingerprint density at radius 2 is 2.00 bits per heavy atom. The summed E-state index contributed by atoms with van der Waals surface area (Å²) in [7, 11) is 0. The SMILES string of the molecule is N[C@H](CNc1ncc(-c2ccc3ncoc3c2)s1)Cc1ccc(Cl)cc1. The maximum atomic E-state index is 6.22. The summed E-state index contributed by atoms with van der Waals surface area (Å²) >= 11 is 7.50. The Morgan fingerprint density at radius 1 is 1.15 bits per heavy atom. The number of halogens is 1. The van der Waals surface area contributed by atoms with Gasteiger partial charge in [-0.25, -0.2) is 9.97 Å². The van der Waals surface area contributed by atoms with Gasteiger partial charge in [-0.05, 0) is 41.8 Å². The normalized spacial score (nSPS) is 12.4. The summed E-state index contributed by atoms with van der Waals surface area (Å²) in [5.74, 6) is 0. The molecule has 4 aromatic rings. The lowest BCUT2D eigenvalue weighted by molar-refractivity contribution is 0.602. The minimum Gasteiger partial charge on any atom is -0.443 e. The third-order valence-electron chi connectivity index (χ3n) is 4.05. The molecule has 0 bridgehead atoms. The van der Waals surface area contributed by atoms with E-state index < -0.39 is 0 Å². The summed E-state index contributed by atoms with van der Waals surface area (Å²) in [5.41, 5.74) is 10.1. The van der Waals surface area contributed by atoms with Crippen molar-refractivity contribution in [3.05, 3.63) is 65.6 Å². The number of hydrogen-bond acceptors (Lipinski definition) is 6. The van der Waals surface area contributed by atoms with Crippen LogP contribution < -0.4 is 11.1 Å². The molecule has 2 heterocycles. The lowest BCUT2D eigenvalue weighted by Gasteiger charge is -2.12. The van der Waals surface area contributed by atoms with Gasteiger partial charge >= 0.3 is 0 Å². The number of aromatic nitrogens is 2. The first-order chi connectivity index (χ1) is 12.7. The molecule has 4 rings (SSSR count). The highest BCUT2D eigenvalue weighted by Crippen LogP contribution is 2.30. The molecule has 0 aliphatic rings. The largest absolute Gasteiger partial charge is 0.443 e. The van der Waals surface area contributed by atoms with Crippen molar-refractivity contribution in [2.24, 2.45) is 5.73 Å². The summed E-state index contributed by atoms with van der Waals surface area (Å²) in [6.45, 7) is 0.650. The number of rotatable bonds is 6. The van der Waals surface area contributed by atoms with Crippen molar-refractivity contribution in [3.8, 4) is 10.4 Å². The van der Waals surface area contributed by atoms with Gasteiger partial charge in [0.05, 0.1) is 4.88 Å². The first-order valence-corrected chi connectivity index (χ1v) is 9.40. The molecule has 5 nitrogen and oxygen atoms in total. The smallest absolute Gasteiger partial charge is 0.183 e. The van der Waals surface area contributed by atoms with E-state index in [0.717, 1.165) is 38.1 Å². The van der Waals surface area contributed by atoms with Crippen molar-refractivity contribution in [2.45, 2.75) is 12.5 Å². The van der Waals surface area contributed by atoms with E-state index in [2.05, 4.69) is 15.3 Å². The molecule has 0 saturated heterocycles. The average Bonchev–Trinajstić information content (AvgIpc) is 3.30. The Hall–Kier alpha value is -2.41. The van der Waals surface area contributed by atoms with Crippen LogP contribution in [0.1, 0.15) is 5.56 Å². The Kier molecular flexibility index (Phi) is 4.88. The third kappa shape index (κ3) is 3.88. The predicted molar refractivity (Wildman–Crippen MR) is 107 cm³/mol. The van der Waals surface area contributed by atoms with Crippen LogP contribution in [-0.4, -0.2) is 22.6 Å². The summed E-state index contributed by atoms with van der Waals surface area (Å²) in [4.78, 5) is 9.64. The van der Waals surface area contributed by atoms with Gasteiger partial charge in [0, 0.05) is 23.8 Å². The van der Waals surface area contributed by atoms with E-state index in [9.17, 15) is 0 Å². The van der Waals surface area contributed by atoms with Gasteiger partial charge < -0.3 is 15.5 Å². The molecule has 0 spiro atoms. The predicted octanol–water partition coefficient (Wildman–Crippen LogP) is 4.59. The van der Waals surface area contributed by atoms with Crippen LogP contribution in [0, 0.1) is 0 Å². The van der Waals surface area contributed by atoms with Crippen LogP contribution in [0.5, 0.6) is 0 Å². The van der Waals surface area contributed by atoms with Crippen molar-refractivity contribution in [1.82, 2.24) is 9.97 Å². The van der Waals surface area contributed by atoms with E-state index in [1.54, 1.807) is 11.3 Å². The number of oxazole rings is 1. The monoisotopic (exact) mass is 384 g/mol. The number of anilines is 1. The van der Waals surface area contributed by atoms with Crippen LogP contribution in [-0.2, 0) is 6.42 Å². The van der Waals surface area contributed by atoms with Gasteiger partial charge in [0.15, 0.2) is 17.1 Å². The van der Waals surface area contributed by atoms with Crippen molar-refractivity contribution < 1.29 is 4.42 Å². The summed E-state index contributed by atoms with van der Waals surface area (Å²) in [6, 6.07) is 13.7. The fourth-order valence-electron chi connectivity index (χ4n) is 2.71. The second-order valence-corrected chi connectivity index (χ2v) is 7.50. The van der Waals surface area contributed by atoms with E-state index in [1.807, 2.05) is 48.7 Å². The van der Waals surface area contributed by atoms with Gasteiger partial charge in [0.2, 0.25) is 0 Å². The second-order valence-electron chi connectivity index (χ2n) is 6.04. The number of nitrogens with two attached hydrogens (primary N) is 1. The molecule has 0 radical (unpaired) electrons. The highest BCUT2D eigenvalue weighted by atomic mass is 35.5. The molecule has 0 aliphatic heterocycles. The molecule has 0 fully saturated rings. The molecule has 1 atom stereocenters. The Morgan fingerprint density at radius 3 is 2.85 bits per heavy atom. The van der Waals surface area contributed by atoms with Gasteiger partial charge in [0.25, 0.3) is 0 Å². The van der Waals surface area contributed by atoms with Crippen LogP contribution in [0.3, 0.4) is 0 Å². The molecule has 26 heavy (non-hydrogen) atoms. The molecule has 0 unspecified atom stereocenters. The molecule has 0 saturated carbocycles. The number of benzene rings is 2. The molecule has 0 amide bonds. The molecule has 2 aromatic carbocycles. The summed E-state index contributed by atoms with van der Waals surface area (Å²) in [6.07, 6.45) is 4.09. The van der Waals surface area contributed by atoms with E-state index >= 15 is 0 Å². The molecule has 7 heteroatoms. The van der Waals surface area contributed by atoms with E-state index in [1.165, 1.54) is 12.0 Å². The lowest BCUT2D eigenvalue weighted by atomic mass is 10.1. The Labute approximate surface area is 159 Å². The zero-order chi connectivity index (χ0) is 17.9. The number of nitrogens with one attached hydrogen (secondary N) is 1. The zero-order valence-electron chi connectivity index (χ0n) is 13.9. The highest BCUT2D eigenvalue weighted by molar-refractivity contribution is 7.18. The molecular weight excluding hydrogens is 368 g/mol. The van der Waals surface area contributed by atoms with E-state index in [4.69, 9.17) is 21.8 Å². The van der Waals surface area contributed by atoms with Crippen molar-refractivity contribution in [3.63, 3.8) is 0 Å². The van der Waals surface area contributed by atoms with Crippen LogP contribution in [0.2, 0.25) is 5.02 Å². The van der Waals surface area contributed by atoms with E-state index in [0.29, 0.717) is 6.54 Å². The van der Waals surface area contributed by atoms with Gasteiger partial charge in [0.1, 0.15) is 5.52 Å². The Balaban J connectivity index is 1.37. The minimum atomic E-state index is -0.00549. The average molecular weight is 385 g/mol. The quantitative estimate of drug-likeness (QED) is 0.508. The maximum Gasteiger partial charge on any atom is 0.183 e. The lowest BCUT2D eigenvalue weighted by Crippen LogP contribution is -2.31. The molecule has 0 aliphatic carbocycles. The van der Waals surface area contributed by atoms with Gasteiger partial charge in [-0.15, -0.1) is 0 Å². The molecule has 132 valence electrons.